The third-order valence-electron chi connectivity index (χ3n) is 0.911. The molecule has 1 nitrogen and oxygen atoms in total. The smallest absolute Gasteiger partial charge is 0.0685 e. The zero-order valence-electron chi connectivity index (χ0n) is 5.22. The monoisotopic (exact) mass is 133 g/mol. The fourth-order valence-electron chi connectivity index (χ4n) is 0.192. The first-order valence-electron chi connectivity index (χ1n) is 2.40. The van der Waals surface area contributed by atoms with Crippen LogP contribution in [-0.4, -0.2) is 6.04 Å². The van der Waals surface area contributed by atoms with Gasteiger partial charge in [0, 0.05) is 0 Å². The zero-order chi connectivity index (χ0) is 5.86. The topological polar surface area (TPSA) is 26.0 Å². The van der Waals surface area contributed by atoms with Crippen molar-refractivity contribution in [3.8, 4) is 12.3 Å². The van der Waals surface area contributed by atoms with E-state index in [0.717, 1.165) is 0 Å². The third kappa shape index (κ3) is 3.98. The number of terminal acetylenes is 1. The lowest BCUT2D eigenvalue weighted by Crippen LogP contribution is -2.23. The first-order valence-corrected chi connectivity index (χ1v) is 2.40. The van der Waals surface area contributed by atoms with E-state index in [0.29, 0.717) is 5.92 Å². The molecule has 0 aromatic rings. The molecule has 0 rings (SSSR count). The molecule has 0 aromatic carbocycles. The molecule has 0 aliphatic heterocycles. The van der Waals surface area contributed by atoms with Gasteiger partial charge in [-0.1, -0.05) is 19.8 Å². The maximum Gasteiger partial charge on any atom is 0.0685 e. The van der Waals surface area contributed by atoms with E-state index in [2.05, 4.69) is 5.92 Å². The Morgan fingerprint density at radius 3 is 1.88 bits per heavy atom. The minimum atomic E-state index is -0.0694. The zero-order valence-corrected chi connectivity index (χ0v) is 6.03. The SMILES string of the molecule is C#C[C@@H](N)C(C)C.Cl. The van der Waals surface area contributed by atoms with E-state index in [9.17, 15) is 0 Å². The maximum absolute atomic E-state index is 5.38. The Hall–Kier alpha value is -0.190. The van der Waals surface area contributed by atoms with Crippen molar-refractivity contribution in [1.29, 1.82) is 0 Å². The van der Waals surface area contributed by atoms with Crippen LogP contribution in [0.1, 0.15) is 13.8 Å². The van der Waals surface area contributed by atoms with Gasteiger partial charge in [-0.25, -0.2) is 0 Å². The van der Waals surface area contributed by atoms with Crippen molar-refractivity contribution in [3.05, 3.63) is 0 Å². The van der Waals surface area contributed by atoms with Gasteiger partial charge in [-0.15, -0.1) is 18.8 Å². The summed E-state index contributed by atoms with van der Waals surface area (Å²) in [6.45, 7) is 4.01. The van der Waals surface area contributed by atoms with Crippen molar-refractivity contribution < 1.29 is 0 Å². The first kappa shape index (κ1) is 10.7. The lowest BCUT2D eigenvalue weighted by Gasteiger charge is -2.05. The number of rotatable bonds is 1. The molecule has 0 saturated heterocycles. The standard InChI is InChI=1S/C6H11N.ClH/c1-4-6(7)5(2)3;/h1,5-6H,7H2,2-3H3;1H/t6-;/m1./s1. The predicted octanol–water partition coefficient (Wildman–Crippen LogP) is 1.02. The molecule has 48 valence electrons. The van der Waals surface area contributed by atoms with Crippen LogP contribution in [-0.2, 0) is 0 Å². The summed E-state index contributed by atoms with van der Waals surface area (Å²) in [6, 6.07) is -0.0694. The number of hydrogen-bond acceptors (Lipinski definition) is 1. The van der Waals surface area contributed by atoms with Crippen molar-refractivity contribution in [2.75, 3.05) is 0 Å². The first-order chi connectivity index (χ1) is 3.18. The van der Waals surface area contributed by atoms with Crippen LogP contribution in [0.2, 0.25) is 0 Å². The van der Waals surface area contributed by atoms with Gasteiger partial charge in [0.15, 0.2) is 0 Å². The quantitative estimate of drug-likeness (QED) is 0.532. The summed E-state index contributed by atoms with van der Waals surface area (Å²) >= 11 is 0. The van der Waals surface area contributed by atoms with E-state index in [1.54, 1.807) is 0 Å². The van der Waals surface area contributed by atoms with Gasteiger partial charge in [-0.3, -0.25) is 0 Å². The van der Waals surface area contributed by atoms with Gasteiger partial charge in [0.1, 0.15) is 0 Å². The molecule has 2 heteroatoms. The molecule has 2 N–H and O–H groups in total. The minimum absolute atomic E-state index is 0. The lowest BCUT2D eigenvalue weighted by molar-refractivity contribution is 0.585. The van der Waals surface area contributed by atoms with Crippen LogP contribution in [0.15, 0.2) is 0 Å². The highest BCUT2D eigenvalue weighted by molar-refractivity contribution is 5.85. The fraction of sp³-hybridized carbons (Fsp3) is 0.667. The second-order valence-corrected chi connectivity index (χ2v) is 1.94. The molecule has 0 radical (unpaired) electrons. The minimum Gasteiger partial charge on any atom is -0.317 e. The molecule has 0 aliphatic carbocycles. The maximum atomic E-state index is 5.38. The van der Waals surface area contributed by atoms with Crippen molar-refractivity contribution in [1.82, 2.24) is 0 Å². The molecule has 0 bridgehead atoms. The molecule has 0 amide bonds. The molecular weight excluding hydrogens is 122 g/mol. The van der Waals surface area contributed by atoms with Gasteiger partial charge in [-0.05, 0) is 5.92 Å². The van der Waals surface area contributed by atoms with Crippen LogP contribution in [0.3, 0.4) is 0 Å². The Bertz CT molecular complexity index is 83.0. The van der Waals surface area contributed by atoms with Crippen LogP contribution in [0.5, 0.6) is 0 Å². The highest BCUT2D eigenvalue weighted by atomic mass is 35.5. The van der Waals surface area contributed by atoms with E-state index in [4.69, 9.17) is 12.2 Å². The fourth-order valence-corrected chi connectivity index (χ4v) is 0.192. The summed E-state index contributed by atoms with van der Waals surface area (Å²) in [5.74, 6) is 2.85. The molecule has 1 atom stereocenters. The predicted molar refractivity (Wildman–Crippen MR) is 38.9 cm³/mol. The van der Waals surface area contributed by atoms with Gasteiger partial charge in [0.2, 0.25) is 0 Å². The molecule has 0 aromatic heterocycles. The number of halogens is 1. The van der Waals surface area contributed by atoms with Gasteiger partial charge in [-0.2, -0.15) is 0 Å². The summed E-state index contributed by atoms with van der Waals surface area (Å²) in [5.41, 5.74) is 5.38. The van der Waals surface area contributed by atoms with Crippen LogP contribution in [0.25, 0.3) is 0 Å². The number of hydrogen-bond donors (Lipinski definition) is 1. The van der Waals surface area contributed by atoms with Crippen LogP contribution < -0.4 is 5.73 Å². The van der Waals surface area contributed by atoms with Crippen molar-refractivity contribution in [2.24, 2.45) is 11.7 Å². The van der Waals surface area contributed by atoms with Gasteiger partial charge in [0.05, 0.1) is 6.04 Å². The van der Waals surface area contributed by atoms with Crippen molar-refractivity contribution in [3.63, 3.8) is 0 Å². The third-order valence-corrected chi connectivity index (χ3v) is 0.911. The van der Waals surface area contributed by atoms with Gasteiger partial charge >= 0.3 is 0 Å². The molecule has 0 fully saturated rings. The van der Waals surface area contributed by atoms with Gasteiger partial charge in [0.25, 0.3) is 0 Å². The summed E-state index contributed by atoms with van der Waals surface area (Å²) in [6.07, 6.45) is 5.00. The average Bonchev–Trinajstić information content (AvgIpc) is 1.65. The van der Waals surface area contributed by atoms with Crippen LogP contribution in [0, 0.1) is 18.3 Å². The molecule has 0 saturated carbocycles. The molecule has 0 aliphatic rings. The Kier molecular flexibility index (Phi) is 6.65. The largest absolute Gasteiger partial charge is 0.317 e. The van der Waals surface area contributed by atoms with Crippen molar-refractivity contribution >= 4 is 12.4 Å². The van der Waals surface area contributed by atoms with Crippen molar-refractivity contribution in [2.45, 2.75) is 19.9 Å². The normalized spacial score (nSPS) is 11.9. The van der Waals surface area contributed by atoms with Crippen LogP contribution >= 0.6 is 12.4 Å². The average molecular weight is 134 g/mol. The Balaban J connectivity index is 0. The molecule has 0 spiro atoms. The Morgan fingerprint density at radius 1 is 1.50 bits per heavy atom. The molecular formula is C6H12ClN. The van der Waals surface area contributed by atoms with E-state index in [1.807, 2.05) is 13.8 Å². The molecule has 0 heterocycles. The van der Waals surface area contributed by atoms with E-state index in [1.165, 1.54) is 0 Å². The molecule has 0 unspecified atom stereocenters. The lowest BCUT2D eigenvalue weighted by atomic mass is 10.1. The summed E-state index contributed by atoms with van der Waals surface area (Å²) in [4.78, 5) is 0. The van der Waals surface area contributed by atoms with E-state index >= 15 is 0 Å². The summed E-state index contributed by atoms with van der Waals surface area (Å²) in [7, 11) is 0. The molecule has 8 heavy (non-hydrogen) atoms. The van der Waals surface area contributed by atoms with Crippen LogP contribution in [0.4, 0.5) is 0 Å². The second-order valence-electron chi connectivity index (χ2n) is 1.94. The van der Waals surface area contributed by atoms with E-state index in [-0.39, 0.29) is 18.4 Å². The van der Waals surface area contributed by atoms with Gasteiger partial charge < -0.3 is 5.73 Å². The Morgan fingerprint density at radius 2 is 1.88 bits per heavy atom. The summed E-state index contributed by atoms with van der Waals surface area (Å²) < 4.78 is 0. The highest BCUT2D eigenvalue weighted by Gasteiger charge is 1.99. The summed E-state index contributed by atoms with van der Waals surface area (Å²) in [5, 5.41) is 0. The van der Waals surface area contributed by atoms with E-state index < -0.39 is 0 Å². The number of nitrogens with two attached hydrogens (primary N) is 1. The second kappa shape index (κ2) is 4.96. The Labute approximate surface area is 57.1 Å². The highest BCUT2D eigenvalue weighted by Crippen LogP contribution is 1.93.